The van der Waals surface area contributed by atoms with Gasteiger partial charge in [0.2, 0.25) is 5.95 Å². The van der Waals surface area contributed by atoms with E-state index >= 15 is 0 Å². The van der Waals surface area contributed by atoms with Crippen molar-refractivity contribution in [3.8, 4) is 45.5 Å². The van der Waals surface area contributed by atoms with E-state index in [1.165, 1.54) is 32.0 Å². The largest absolute Gasteiger partial charge is 0.309 e. The monoisotopic (exact) mass is 745 g/mol. The second kappa shape index (κ2) is 12.6. The first kappa shape index (κ1) is 31.9. The van der Waals surface area contributed by atoms with Crippen molar-refractivity contribution in [1.82, 2.24) is 24.1 Å². The van der Waals surface area contributed by atoms with E-state index in [4.69, 9.17) is 15.0 Å². The molecule has 0 aliphatic rings. The van der Waals surface area contributed by atoms with Crippen LogP contribution in [0, 0.1) is 0 Å². The van der Waals surface area contributed by atoms with Crippen molar-refractivity contribution in [2.24, 2.45) is 0 Å². The molecule has 6 heteroatoms. The normalized spacial score (nSPS) is 11.9. The third-order valence-electron chi connectivity index (χ3n) is 11.2. The predicted octanol–water partition coefficient (Wildman–Crippen LogP) is 13.4. The van der Waals surface area contributed by atoms with Gasteiger partial charge in [0.05, 0.1) is 22.1 Å². The number of fused-ring (bicyclic) bond motifs is 9. The number of hydrogen-bond donors (Lipinski definition) is 0. The molecule has 4 aromatic heterocycles. The highest BCUT2D eigenvalue weighted by atomic mass is 32.1. The zero-order chi connectivity index (χ0) is 37.5. The Bertz CT molecular complexity index is 3520. The number of hydrogen-bond acceptors (Lipinski definition) is 4. The van der Waals surface area contributed by atoms with Crippen LogP contribution < -0.4 is 0 Å². The molecule has 8 aromatic carbocycles. The van der Waals surface area contributed by atoms with Gasteiger partial charge in [0, 0.05) is 58.5 Å². The molecular formula is C51H31N5S. The molecule has 0 saturated heterocycles. The Hall–Kier alpha value is -7.41. The van der Waals surface area contributed by atoms with Gasteiger partial charge in [-0.1, -0.05) is 121 Å². The molecule has 266 valence electrons. The summed E-state index contributed by atoms with van der Waals surface area (Å²) in [5, 5.41) is 7.07. The van der Waals surface area contributed by atoms with E-state index in [2.05, 4.69) is 197 Å². The summed E-state index contributed by atoms with van der Waals surface area (Å²) in [5.74, 6) is 1.85. The molecular weight excluding hydrogens is 715 g/mol. The van der Waals surface area contributed by atoms with E-state index < -0.39 is 0 Å². The van der Waals surface area contributed by atoms with E-state index in [0.29, 0.717) is 17.6 Å². The van der Waals surface area contributed by atoms with E-state index in [1.807, 2.05) is 0 Å². The smallest absolute Gasteiger partial charge is 0.238 e. The van der Waals surface area contributed by atoms with Crippen LogP contribution in [0.1, 0.15) is 0 Å². The topological polar surface area (TPSA) is 48.5 Å². The summed E-state index contributed by atoms with van der Waals surface area (Å²) in [6, 6.07) is 66.7. The summed E-state index contributed by atoms with van der Waals surface area (Å²) in [5.41, 5.74) is 9.77. The molecule has 5 nitrogen and oxygen atoms in total. The molecule has 0 fully saturated rings. The number of para-hydroxylation sites is 3. The van der Waals surface area contributed by atoms with Gasteiger partial charge in [-0.25, -0.2) is 4.98 Å². The molecule has 0 radical (unpaired) electrons. The maximum Gasteiger partial charge on any atom is 0.238 e. The fraction of sp³-hybridized carbons (Fsp3) is 0. The molecule has 0 aliphatic heterocycles. The van der Waals surface area contributed by atoms with Crippen molar-refractivity contribution < 1.29 is 0 Å². The van der Waals surface area contributed by atoms with Crippen LogP contribution >= 0.6 is 11.3 Å². The molecule has 0 bridgehead atoms. The second-order valence-corrected chi connectivity index (χ2v) is 15.5. The summed E-state index contributed by atoms with van der Waals surface area (Å²) in [6.07, 6.45) is 0. The van der Waals surface area contributed by atoms with Crippen LogP contribution in [0.25, 0.3) is 109 Å². The lowest BCUT2D eigenvalue weighted by molar-refractivity contribution is 0.954. The van der Waals surface area contributed by atoms with Crippen LogP contribution in [-0.4, -0.2) is 24.1 Å². The number of aromatic nitrogens is 5. The van der Waals surface area contributed by atoms with Gasteiger partial charge in [0.1, 0.15) is 0 Å². The molecule has 12 aromatic rings. The minimum absolute atomic E-state index is 0.582. The Labute approximate surface area is 331 Å². The van der Waals surface area contributed by atoms with Crippen LogP contribution in [0.15, 0.2) is 188 Å². The highest BCUT2D eigenvalue weighted by molar-refractivity contribution is 7.26. The number of rotatable bonds is 5. The zero-order valence-corrected chi connectivity index (χ0v) is 31.4. The first-order valence-electron chi connectivity index (χ1n) is 19.1. The van der Waals surface area contributed by atoms with Crippen molar-refractivity contribution in [2.75, 3.05) is 0 Å². The minimum atomic E-state index is 0.582. The van der Waals surface area contributed by atoms with Crippen LogP contribution in [0.2, 0.25) is 0 Å². The summed E-state index contributed by atoms with van der Waals surface area (Å²) in [4.78, 5) is 16.1. The van der Waals surface area contributed by atoms with Gasteiger partial charge in [-0.15, -0.1) is 11.3 Å². The lowest BCUT2D eigenvalue weighted by atomic mass is 10.0. The number of thiophene rings is 1. The highest BCUT2D eigenvalue weighted by Crippen LogP contribution is 2.41. The molecule has 0 unspecified atom stereocenters. The standard InChI is InChI=1S/C51H31N5S/c1-3-14-32(15-4-1)33-26-28-46-41(30-33)37-19-8-11-24-44(37)56(46)51-53-49(52-50(54-51)40-22-13-21-39-38-20-9-12-25-47(38)57-48(39)40)34-27-29-45-42(31-34)36-18-7-10-23-43(36)55(45)35-16-5-2-6-17-35/h1-31H. The number of nitrogens with zero attached hydrogens (tertiary/aromatic N) is 5. The second-order valence-electron chi connectivity index (χ2n) is 14.4. The van der Waals surface area contributed by atoms with Crippen molar-refractivity contribution in [2.45, 2.75) is 0 Å². The molecule has 57 heavy (non-hydrogen) atoms. The van der Waals surface area contributed by atoms with Gasteiger partial charge in [0.15, 0.2) is 11.6 Å². The lowest BCUT2D eigenvalue weighted by Crippen LogP contribution is -2.06. The Balaban J connectivity index is 1.13. The Kier molecular flexibility index (Phi) is 7.03. The van der Waals surface area contributed by atoms with Crippen molar-refractivity contribution in [1.29, 1.82) is 0 Å². The van der Waals surface area contributed by atoms with E-state index in [0.717, 1.165) is 59.7 Å². The van der Waals surface area contributed by atoms with Crippen molar-refractivity contribution in [3.05, 3.63) is 188 Å². The summed E-state index contributed by atoms with van der Waals surface area (Å²) >= 11 is 1.79. The van der Waals surface area contributed by atoms with Crippen LogP contribution in [-0.2, 0) is 0 Å². The summed E-state index contributed by atoms with van der Waals surface area (Å²) in [7, 11) is 0. The maximum absolute atomic E-state index is 5.37. The third kappa shape index (κ3) is 4.98. The summed E-state index contributed by atoms with van der Waals surface area (Å²) in [6.45, 7) is 0. The molecule has 0 N–H and O–H groups in total. The van der Waals surface area contributed by atoms with Crippen LogP contribution in [0.5, 0.6) is 0 Å². The van der Waals surface area contributed by atoms with Crippen molar-refractivity contribution >= 4 is 75.1 Å². The summed E-state index contributed by atoms with van der Waals surface area (Å²) < 4.78 is 6.95. The molecule has 0 aliphatic carbocycles. The van der Waals surface area contributed by atoms with Gasteiger partial charge in [-0.3, -0.25) is 4.57 Å². The quantitative estimate of drug-likeness (QED) is 0.176. The minimum Gasteiger partial charge on any atom is -0.309 e. The Morgan fingerprint density at radius 1 is 0.351 bits per heavy atom. The van der Waals surface area contributed by atoms with Gasteiger partial charge >= 0.3 is 0 Å². The fourth-order valence-corrected chi connectivity index (χ4v) is 9.82. The molecule has 4 heterocycles. The van der Waals surface area contributed by atoms with Gasteiger partial charge < -0.3 is 4.57 Å². The average Bonchev–Trinajstić information content (AvgIpc) is 3.94. The highest BCUT2D eigenvalue weighted by Gasteiger charge is 2.21. The van der Waals surface area contributed by atoms with Gasteiger partial charge in [0.25, 0.3) is 0 Å². The molecule has 0 saturated carbocycles. The first-order valence-corrected chi connectivity index (χ1v) is 19.9. The molecule has 12 rings (SSSR count). The lowest BCUT2D eigenvalue weighted by Gasteiger charge is -2.12. The zero-order valence-electron chi connectivity index (χ0n) is 30.5. The molecule has 0 spiro atoms. The third-order valence-corrected chi connectivity index (χ3v) is 12.4. The van der Waals surface area contributed by atoms with Crippen LogP contribution in [0.3, 0.4) is 0 Å². The number of benzene rings is 8. The Morgan fingerprint density at radius 3 is 1.68 bits per heavy atom. The Morgan fingerprint density at radius 2 is 0.912 bits per heavy atom. The van der Waals surface area contributed by atoms with Gasteiger partial charge in [-0.2, -0.15) is 9.97 Å². The molecule has 0 atom stereocenters. The predicted molar refractivity (Wildman–Crippen MR) is 238 cm³/mol. The first-order chi connectivity index (χ1) is 28.3. The maximum atomic E-state index is 5.37. The van der Waals surface area contributed by atoms with Crippen molar-refractivity contribution in [3.63, 3.8) is 0 Å². The van der Waals surface area contributed by atoms with E-state index in [9.17, 15) is 0 Å². The van der Waals surface area contributed by atoms with E-state index in [-0.39, 0.29) is 0 Å². The van der Waals surface area contributed by atoms with Crippen LogP contribution in [0.4, 0.5) is 0 Å². The fourth-order valence-electron chi connectivity index (χ4n) is 8.60. The van der Waals surface area contributed by atoms with Gasteiger partial charge in [-0.05, 0) is 77.9 Å². The average molecular weight is 746 g/mol. The van der Waals surface area contributed by atoms with E-state index in [1.54, 1.807) is 11.3 Å². The SMILES string of the molecule is c1ccc(-c2ccc3c(c2)c2ccccc2n3-c2nc(-c3ccc4c(c3)c3ccccc3n4-c3ccccc3)nc(-c3cccc4c3sc3ccccc34)n2)cc1. The molecule has 0 amide bonds.